The number of hydrogen-bond acceptors (Lipinski definition) is 2. The van der Waals surface area contributed by atoms with E-state index in [-0.39, 0.29) is 0 Å². The van der Waals surface area contributed by atoms with E-state index < -0.39 is 0 Å². The van der Waals surface area contributed by atoms with Crippen molar-refractivity contribution in [2.24, 2.45) is 4.99 Å². The Labute approximate surface area is 68.0 Å². The van der Waals surface area contributed by atoms with Crippen molar-refractivity contribution in [2.45, 2.75) is 32.7 Å². The maximum Gasteiger partial charge on any atom is 0.183 e. The first kappa shape index (κ1) is 8.31. The lowest BCUT2D eigenvalue weighted by Gasteiger charge is -1.99. The second-order valence-corrected chi connectivity index (χ2v) is 3.14. The third-order valence-electron chi connectivity index (χ3n) is 1.62. The molecule has 1 aliphatic rings. The lowest BCUT2D eigenvalue weighted by molar-refractivity contribution is 0.315. The molecule has 0 aromatic heterocycles. The summed E-state index contributed by atoms with van der Waals surface area (Å²) < 4.78 is 5.32. The van der Waals surface area contributed by atoms with E-state index in [1.807, 2.05) is 6.92 Å². The van der Waals surface area contributed by atoms with Gasteiger partial charge in [0.2, 0.25) is 0 Å². The van der Waals surface area contributed by atoms with Crippen LogP contribution in [0.25, 0.3) is 0 Å². The summed E-state index contributed by atoms with van der Waals surface area (Å²) in [7, 11) is 0. The van der Waals surface area contributed by atoms with Crippen LogP contribution in [0.4, 0.5) is 0 Å². The fraction of sp³-hybridized carbons (Fsp3) is 0.667. The highest BCUT2D eigenvalue weighted by molar-refractivity contribution is 5.77. The van der Waals surface area contributed by atoms with Crippen LogP contribution in [0, 0.1) is 0 Å². The number of hydrogen-bond donors (Lipinski definition) is 0. The molecule has 2 heteroatoms. The van der Waals surface area contributed by atoms with Gasteiger partial charge >= 0.3 is 0 Å². The van der Waals surface area contributed by atoms with Crippen LogP contribution in [0.2, 0.25) is 0 Å². The van der Waals surface area contributed by atoms with Crippen molar-refractivity contribution in [3.63, 3.8) is 0 Å². The van der Waals surface area contributed by atoms with Crippen molar-refractivity contribution in [3.05, 3.63) is 12.2 Å². The molecule has 0 fully saturated rings. The molecule has 1 rings (SSSR count). The Balaban J connectivity index is 2.27. The van der Waals surface area contributed by atoms with Crippen molar-refractivity contribution < 1.29 is 4.74 Å². The van der Waals surface area contributed by atoms with Crippen LogP contribution in [-0.2, 0) is 4.74 Å². The maximum absolute atomic E-state index is 5.32. The van der Waals surface area contributed by atoms with Gasteiger partial charge in [-0.2, -0.15) is 0 Å². The number of nitrogens with zero attached hydrogens (tertiary/aromatic N) is 1. The lowest BCUT2D eigenvalue weighted by Crippen LogP contribution is -2.00. The van der Waals surface area contributed by atoms with Gasteiger partial charge in [0.15, 0.2) is 5.90 Å². The minimum atomic E-state index is 0.357. The number of ether oxygens (including phenoxy) is 1. The Morgan fingerprint density at radius 3 is 3.00 bits per heavy atom. The Bertz CT molecular complexity index is 184. The van der Waals surface area contributed by atoms with Crippen LogP contribution in [0.3, 0.4) is 0 Å². The van der Waals surface area contributed by atoms with E-state index in [1.54, 1.807) is 0 Å². The van der Waals surface area contributed by atoms with Gasteiger partial charge in [-0.1, -0.05) is 5.57 Å². The molecule has 1 heterocycles. The second kappa shape index (κ2) is 3.56. The van der Waals surface area contributed by atoms with Crippen LogP contribution in [-0.4, -0.2) is 18.5 Å². The summed E-state index contributed by atoms with van der Waals surface area (Å²) in [4.78, 5) is 4.31. The second-order valence-electron chi connectivity index (χ2n) is 3.14. The fourth-order valence-corrected chi connectivity index (χ4v) is 0.994. The van der Waals surface area contributed by atoms with E-state index >= 15 is 0 Å². The zero-order valence-corrected chi connectivity index (χ0v) is 7.26. The Kier molecular flexibility index (Phi) is 2.69. The number of aliphatic imine (C=N–C) groups is 1. The molecule has 2 nitrogen and oxygen atoms in total. The van der Waals surface area contributed by atoms with Gasteiger partial charge in [0, 0.05) is 6.42 Å². The minimum absolute atomic E-state index is 0.357. The van der Waals surface area contributed by atoms with E-state index in [0.29, 0.717) is 6.04 Å². The molecule has 0 aromatic carbocycles. The van der Waals surface area contributed by atoms with E-state index in [4.69, 9.17) is 4.74 Å². The van der Waals surface area contributed by atoms with Gasteiger partial charge in [0.25, 0.3) is 0 Å². The summed E-state index contributed by atoms with van der Waals surface area (Å²) >= 11 is 0. The Hall–Kier alpha value is -0.790. The Morgan fingerprint density at radius 2 is 2.55 bits per heavy atom. The zero-order chi connectivity index (χ0) is 8.27. The molecule has 1 aliphatic heterocycles. The van der Waals surface area contributed by atoms with Gasteiger partial charge in [-0.25, -0.2) is 4.99 Å². The van der Waals surface area contributed by atoms with E-state index in [0.717, 1.165) is 25.3 Å². The van der Waals surface area contributed by atoms with Gasteiger partial charge in [0.05, 0.1) is 6.04 Å². The molecule has 0 bridgehead atoms. The van der Waals surface area contributed by atoms with E-state index in [9.17, 15) is 0 Å². The van der Waals surface area contributed by atoms with Gasteiger partial charge in [-0.05, 0) is 20.3 Å². The van der Waals surface area contributed by atoms with Gasteiger partial charge in [-0.3, -0.25) is 0 Å². The fourth-order valence-electron chi connectivity index (χ4n) is 0.994. The topological polar surface area (TPSA) is 21.6 Å². The van der Waals surface area contributed by atoms with Crippen molar-refractivity contribution in [2.75, 3.05) is 6.61 Å². The molecular formula is C9H15NO. The minimum Gasteiger partial charge on any atom is -0.479 e. The summed E-state index contributed by atoms with van der Waals surface area (Å²) in [5, 5.41) is 0. The molecule has 11 heavy (non-hydrogen) atoms. The molecule has 1 unspecified atom stereocenters. The first-order chi connectivity index (χ1) is 5.18. The predicted octanol–water partition coefficient (Wildman–Crippen LogP) is 2.16. The average molecular weight is 153 g/mol. The zero-order valence-electron chi connectivity index (χ0n) is 7.26. The highest BCUT2D eigenvalue weighted by Gasteiger charge is 2.12. The SMILES string of the molecule is C=C(C)CCC1=NC(C)CO1. The van der Waals surface area contributed by atoms with E-state index in [1.165, 1.54) is 5.57 Å². The van der Waals surface area contributed by atoms with E-state index in [2.05, 4.69) is 18.5 Å². The molecule has 62 valence electrons. The third-order valence-corrected chi connectivity index (χ3v) is 1.62. The van der Waals surface area contributed by atoms with Crippen molar-refractivity contribution in [3.8, 4) is 0 Å². The van der Waals surface area contributed by atoms with Crippen LogP contribution in [0.5, 0.6) is 0 Å². The molecule has 0 aromatic rings. The normalized spacial score (nSPS) is 22.7. The molecule has 1 atom stereocenters. The summed E-state index contributed by atoms with van der Waals surface area (Å²) in [6.45, 7) is 8.67. The molecule has 0 N–H and O–H groups in total. The summed E-state index contributed by atoms with van der Waals surface area (Å²) in [5.41, 5.74) is 1.19. The molecular weight excluding hydrogens is 138 g/mol. The molecule has 0 saturated carbocycles. The summed E-state index contributed by atoms with van der Waals surface area (Å²) in [6, 6.07) is 0.357. The number of rotatable bonds is 3. The van der Waals surface area contributed by atoms with Gasteiger partial charge < -0.3 is 4.74 Å². The molecule has 0 amide bonds. The highest BCUT2D eigenvalue weighted by atomic mass is 16.5. The number of allylic oxidation sites excluding steroid dienone is 1. The van der Waals surface area contributed by atoms with Crippen LogP contribution >= 0.6 is 0 Å². The molecule has 0 aliphatic carbocycles. The van der Waals surface area contributed by atoms with Crippen LogP contribution in [0.1, 0.15) is 26.7 Å². The van der Waals surface area contributed by atoms with Crippen molar-refractivity contribution in [1.29, 1.82) is 0 Å². The maximum atomic E-state index is 5.32. The monoisotopic (exact) mass is 153 g/mol. The first-order valence-electron chi connectivity index (χ1n) is 4.02. The van der Waals surface area contributed by atoms with Gasteiger partial charge in [-0.15, -0.1) is 6.58 Å². The van der Waals surface area contributed by atoms with Gasteiger partial charge in [0.1, 0.15) is 6.61 Å². The lowest BCUT2D eigenvalue weighted by atomic mass is 10.2. The predicted molar refractivity (Wildman–Crippen MR) is 46.9 cm³/mol. The third kappa shape index (κ3) is 2.74. The standard InChI is InChI=1S/C9H15NO/c1-7(2)4-5-9-10-8(3)6-11-9/h8H,1,4-6H2,2-3H3. The summed E-state index contributed by atoms with van der Waals surface area (Å²) in [6.07, 6.45) is 1.91. The summed E-state index contributed by atoms with van der Waals surface area (Å²) in [5.74, 6) is 0.903. The largest absolute Gasteiger partial charge is 0.479 e. The quantitative estimate of drug-likeness (QED) is 0.569. The molecule has 0 saturated heterocycles. The molecule has 0 radical (unpaired) electrons. The smallest absolute Gasteiger partial charge is 0.183 e. The first-order valence-corrected chi connectivity index (χ1v) is 4.02. The average Bonchev–Trinajstić information content (AvgIpc) is 2.31. The Morgan fingerprint density at radius 1 is 1.82 bits per heavy atom. The van der Waals surface area contributed by atoms with Crippen LogP contribution < -0.4 is 0 Å². The van der Waals surface area contributed by atoms with Crippen LogP contribution in [0.15, 0.2) is 17.1 Å². The highest BCUT2D eigenvalue weighted by Crippen LogP contribution is 2.10. The van der Waals surface area contributed by atoms with Crippen molar-refractivity contribution >= 4 is 5.90 Å². The molecule has 0 spiro atoms. The van der Waals surface area contributed by atoms with Crippen molar-refractivity contribution in [1.82, 2.24) is 0 Å².